The van der Waals surface area contributed by atoms with Crippen LogP contribution in [0.5, 0.6) is 0 Å². The Kier molecular flexibility index (Phi) is 9.52. The SMILES string of the molecule is CCCCCC(C)(C)CNC(=S)NCCCC. The van der Waals surface area contributed by atoms with Gasteiger partial charge >= 0.3 is 0 Å². The predicted octanol–water partition coefficient (Wildman–Crippen LogP) is 3.86. The monoisotopic (exact) mass is 258 g/mol. The summed E-state index contributed by atoms with van der Waals surface area (Å²) in [6, 6.07) is 0. The summed E-state index contributed by atoms with van der Waals surface area (Å²) in [5.74, 6) is 0. The maximum Gasteiger partial charge on any atom is 0.166 e. The second-order valence-corrected chi connectivity index (χ2v) is 5.99. The van der Waals surface area contributed by atoms with Crippen molar-refractivity contribution < 1.29 is 0 Å². The van der Waals surface area contributed by atoms with Crippen molar-refractivity contribution >= 4 is 17.3 Å². The van der Waals surface area contributed by atoms with Gasteiger partial charge in [0.1, 0.15) is 0 Å². The van der Waals surface area contributed by atoms with Crippen LogP contribution in [0.25, 0.3) is 0 Å². The van der Waals surface area contributed by atoms with E-state index in [-0.39, 0.29) is 0 Å². The molecule has 0 atom stereocenters. The summed E-state index contributed by atoms with van der Waals surface area (Å²) < 4.78 is 0. The topological polar surface area (TPSA) is 24.1 Å². The highest BCUT2D eigenvalue weighted by atomic mass is 32.1. The molecule has 0 aliphatic heterocycles. The van der Waals surface area contributed by atoms with Crippen molar-refractivity contribution in [3.8, 4) is 0 Å². The fourth-order valence-corrected chi connectivity index (χ4v) is 1.88. The molecule has 2 N–H and O–H groups in total. The summed E-state index contributed by atoms with van der Waals surface area (Å²) in [4.78, 5) is 0. The minimum atomic E-state index is 0.339. The normalized spacial score (nSPS) is 11.3. The Morgan fingerprint density at radius 2 is 1.65 bits per heavy atom. The van der Waals surface area contributed by atoms with Gasteiger partial charge in [0.25, 0.3) is 0 Å². The molecule has 0 rings (SSSR count). The molecule has 102 valence electrons. The molecule has 0 aromatic heterocycles. The van der Waals surface area contributed by atoms with Crippen LogP contribution in [0.15, 0.2) is 0 Å². The molecule has 3 heteroatoms. The number of nitrogens with one attached hydrogen (secondary N) is 2. The molecule has 2 nitrogen and oxygen atoms in total. The van der Waals surface area contributed by atoms with Crippen molar-refractivity contribution in [2.75, 3.05) is 13.1 Å². The van der Waals surface area contributed by atoms with E-state index in [0.29, 0.717) is 5.41 Å². The summed E-state index contributed by atoms with van der Waals surface area (Å²) in [6.45, 7) is 11.0. The van der Waals surface area contributed by atoms with Crippen LogP contribution in [0, 0.1) is 5.41 Å². The van der Waals surface area contributed by atoms with E-state index in [0.717, 1.165) is 18.2 Å². The number of unbranched alkanes of at least 4 members (excludes halogenated alkanes) is 3. The van der Waals surface area contributed by atoms with Gasteiger partial charge in [0.05, 0.1) is 0 Å². The van der Waals surface area contributed by atoms with Crippen LogP contribution in [0.2, 0.25) is 0 Å². The van der Waals surface area contributed by atoms with Crippen LogP contribution in [-0.2, 0) is 0 Å². The minimum Gasteiger partial charge on any atom is -0.363 e. The highest BCUT2D eigenvalue weighted by molar-refractivity contribution is 7.80. The van der Waals surface area contributed by atoms with Gasteiger partial charge in [0.15, 0.2) is 5.11 Å². The molecule has 0 aromatic carbocycles. The minimum absolute atomic E-state index is 0.339. The first kappa shape index (κ1) is 16.7. The fraction of sp³-hybridized carbons (Fsp3) is 0.929. The third-order valence-electron chi connectivity index (χ3n) is 3.00. The van der Waals surface area contributed by atoms with Crippen molar-refractivity contribution in [2.45, 2.75) is 66.2 Å². The van der Waals surface area contributed by atoms with Gasteiger partial charge in [-0.2, -0.15) is 0 Å². The zero-order valence-corrected chi connectivity index (χ0v) is 12.9. The molecule has 0 saturated heterocycles. The average molecular weight is 258 g/mol. The van der Waals surface area contributed by atoms with Crippen LogP contribution in [0.3, 0.4) is 0 Å². The van der Waals surface area contributed by atoms with E-state index in [2.05, 4.69) is 38.3 Å². The Bertz CT molecular complexity index is 202. The zero-order chi connectivity index (χ0) is 13.1. The van der Waals surface area contributed by atoms with E-state index in [4.69, 9.17) is 12.2 Å². The Hall–Kier alpha value is -0.310. The second-order valence-electron chi connectivity index (χ2n) is 5.58. The quantitative estimate of drug-likeness (QED) is 0.485. The molecule has 0 fully saturated rings. The summed E-state index contributed by atoms with van der Waals surface area (Å²) in [6.07, 6.45) is 7.61. The third kappa shape index (κ3) is 10.6. The molecule has 17 heavy (non-hydrogen) atoms. The van der Waals surface area contributed by atoms with E-state index in [1.54, 1.807) is 0 Å². The lowest BCUT2D eigenvalue weighted by Crippen LogP contribution is -2.40. The van der Waals surface area contributed by atoms with E-state index in [1.165, 1.54) is 38.5 Å². The second kappa shape index (κ2) is 9.69. The molecule has 0 saturated carbocycles. The third-order valence-corrected chi connectivity index (χ3v) is 3.29. The first-order valence-electron chi connectivity index (χ1n) is 7.03. The Morgan fingerprint density at radius 1 is 1.00 bits per heavy atom. The summed E-state index contributed by atoms with van der Waals surface area (Å²) in [5, 5.41) is 7.38. The van der Waals surface area contributed by atoms with Crippen molar-refractivity contribution in [1.82, 2.24) is 10.6 Å². The van der Waals surface area contributed by atoms with Crippen molar-refractivity contribution in [3.05, 3.63) is 0 Å². The smallest absolute Gasteiger partial charge is 0.166 e. The van der Waals surface area contributed by atoms with Gasteiger partial charge in [-0.25, -0.2) is 0 Å². The summed E-state index contributed by atoms with van der Waals surface area (Å²) >= 11 is 5.25. The molecule has 0 spiro atoms. The molecule has 0 aliphatic rings. The standard InChI is InChI=1S/C14H30N2S/c1-5-7-9-10-14(3,4)12-16-13(17)15-11-8-6-2/h5-12H2,1-4H3,(H2,15,16,17). The Labute approximate surface area is 113 Å². The van der Waals surface area contributed by atoms with Crippen LogP contribution >= 0.6 is 12.2 Å². The average Bonchev–Trinajstić information content (AvgIpc) is 2.27. The molecule has 0 unspecified atom stereocenters. The summed E-state index contributed by atoms with van der Waals surface area (Å²) in [5.41, 5.74) is 0.339. The molecule has 0 radical (unpaired) electrons. The van der Waals surface area contributed by atoms with E-state index in [9.17, 15) is 0 Å². The van der Waals surface area contributed by atoms with Gasteiger partial charge in [-0.3, -0.25) is 0 Å². The van der Waals surface area contributed by atoms with Crippen LogP contribution < -0.4 is 10.6 Å². The highest BCUT2D eigenvalue weighted by Gasteiger charge is 2.17. The van der Waals surface area contributed by atoms with E-state index < -0.39 is 0 Å². The van der Waals surface area contributed by atoms with Crippen molar-refractivity contribution in [2.24, 2.45) is 5.41 Å². The number of rotatable bonds is 9. The first-order valence-corrected chi connectivity index (χ1v) is 7.44. The van der Waals surface area contributed by atoms with Gasteiger partial charge in [-0.15, -0.1) is 0 Å². The summed E-state index contributed by atoms with van der Waals surface area (Å²) in [7, 11) is 0. The highest BCUT2D eigenvalue weighted by Crippen LogP contribution is 2.22. The van der Waals surface area contributed by atoms with Crippen LogP contribution in [-0.4, -0.2) is 18.2 Å². The molecule has 0 amide bonds. The predicted molar refractivity (Wildman–Crippen MR) is 81.4 cm³/mol. The lowest BCUT2D eigenvalue weighted by Gasteiger charge is -2.25. The van der Waals surface area contributed by atoms with Gasteiger partial charge in [0.2, 0.25) is 0 Å². The zero-order valence-electron chi connectivity index (χ0n) is 12.1. The maximum absolute atomic E-state index is 5.25. The number of hydrogen-bond donors (Lipinski definition) is 2. The van der Waals surface area contributed by atoms with Gasteiger partial charge in [-0.1, -0.05) is 53.4 Å². The van der Waals surface area contributed by atoms with Gasteiger partial charge < -0.3 is 10.6 Å². The van der Waals surface area contributed by atoms with Crippen molar-refractivity contribution in [1.29, 1.82) is 0 Å². The van der Waals surface area contributed by atoms with E-state index in [1.807, 2.05) is 0 Å². The Morgan fingerprint density at radius 3 is 2.24 bits per heavy atom. The van der Waals surface area contributed by atoms with Crippen LogP contribution in [0.1, 0.15) is 66.2 Å². The maximum atomic E-state index is 5.25. The first-order chi connectivity index (χ1) is 8.02. The molecule has 0 aromatic rings. The lowest BCUT2D eigenvalue weighted by atomic mass is 9.87. The molecular formula is C14H30N2S. The number of thiocarbonyl (C=S) groups is 1. The molecule has 0 aliphatic carbocycles. The lowest BCUT2D eigenvalue weighted by molar-refractivity contribution is 0.319. The van der Waals surface area contributed by atoms with Gasteiger partial charge in [0, 0.05) is 13.1 Å². The fourth-order valence-electron chi connectivity index (χ4n) is 1.70. The van der Waals surface area contributed by atoms with E-state index >= 15 is 0 Å². The largest absolute Gasteiger partial charge is 0.363 e. The van der Waals surface area contributed by atoms with Crippen LogP contribution in [0.4, 0.5) is 0 Å². The molecule has 0 bridgehead atoms. The van der Waals surface area contributed by atoms with Crippen molar-refractivity contribution in [3.63, 3.8) is 0 Å². The number of hydrogen-bond acceptors (Lipinski definition) is 1. The van der Waals surface area contributed by atoms with Gasteiger partial charge in [-0.05, 0) is 30.5 Å². The molecule has 0 heterocycles. The Balaban J connectivity index is 3.65. The molecular weight excluding hydrogens is 228 g/mol.